The van der Waals surface area contributed by atoms with Crippen molar-refractivity contribution in [2.24, 2.45) is 0 Å². The van der Waals surface area contributed by atoms with Crippen LogP contribution in [-0.4, -0.2) is 29.1 Å². The Morgan fingerprint density at radius 2 is 2.12 bits per heavy atom. The molecule has 1 radical (unpaired) electrons. The molecule has 0 bridgehead atoms. The van der Waals surface area contributed by atoms with Crippen molar-refractivity contribution in [1.29, 1.82) is 0 Å². The first-order valence-corrected chi connectivity index (χ1v) is 5.15. The van der Waals surface area contributed by atoms with Gasteiger partial charge in [0.2, 0.25) is 0 Å². The van der Waals surface area contributed by atoms with E-state index in [1.807, 2.05) is 32.3 Å². The Balaban J connectivity index is 2.55. The molecule has 83 valence electrons. The molecule has 0 saturated heterocycles. The highest BCUT2D eigenvalue weighted by molar-refractivity contribution is 5.88. The largest absolute Gasteiger partial charge is 0.505 e. The maximum atomic E-state index is 9.88. The summed E-state index contributed by atoms with van der Waals surface area (Å²) in [6.45, 7) is 4.54. The number of aromatic nitrogens is 1. The van der Waals surface area contributed by atoms with E-state index in [4.69, 9.17) is 0 Å². The summed E-state index contributed by atoms with van der Waals surface area (Å²) in [6.07, 6.45) is 1.73. The van der Waals surface area contributed by atoms with Gasteiger partial charge in [0.25, 0.3) is 0 Å². The molecule has 0 amide bonds. The van der Waals surface area contributed by atoms with Gasteiger partial charge in [0.1, 0.15) is 5.75 Å². The van der Waals surface area contributed by atoms with Gasteiger partial charge in [0.05, 0.1) is 5.69 Å². The van der Waals surface area contributed by atoms with E-state index < -0.39 is 0 Å². The number of benzene rings is 1. The number of pyridine rings is 1. The molecule has 0 spiro atoms. The number of hydrogen-bond acceptors (Lipinski definition) is 3. The summed E-state index contributed by atoms with van der Waals surface area (Å²) < 4.78 is 0. The molecule has 0 saturated carbocycles. The van der Waals surface area contributed by atoms with Crippen molar-refractivity contribution >= 4 is 10.8 Å². The second kappa shape index (κ2) is 4.10. The molecular formula is C13H15N2O. The lowest BCUT2D eigenvalue weighted by molar-refractivity contribution is 0.402. The second-order valence-electron chi connectivity index (χ2n) is 4.21. The maximum absolute atomic E-state index is 9.88. The van der Waals surface area contributed by atoms with Crippen molar-refractivity contribution in [2.45, 2.75) is 6.54 Å². The van der Waals surface area contributed by atoms with Crippen molar-refractivity contribution < 1.29 is 5.11 Å². The zero-order valence-corrected chi connectivity index (χ0v) is 9.57. The molecule has 0 aliphatic carbocycles. The van der Waals surface area contributed by atoms with Crippen LogP contribution in [0, 0.1) is 6.92 Å². The third-order valence-corrected chi connectivity index (χ3v) is 2.50. The molecule has 0 fully saturated rings. The van der Waals surface area contributed by atoms with Crippen LogP contribution in [0.4, 0.5) is 0 Å². The van der Waals surface area contributed by atoms with Gasteiger partial charge in [-0.2, -0.15) is 0 Å². The normalized spacial score (nSPS) is 11.2. The first-order chi connectivity index (χ1) is 7.58. The number of hydrogen-bond donors (Lipinski definition) is 1. The van der Waals surface area contributed by atoms with E-state index in [0.717, 1.165) is 17.3 Å². The highest BCUT2D eigenvalue weighted by Crippen LogP contribution is 2.27. The second-order valence-corrected chi connectivity index (χ2v) is 4.21. The Morgan fingerprint density at radius 3 is 2.81 bits per heavy atom. The van der Waals surface area contributed by atoms with Crippen LogP contribution in [0.15, 0.2) is 24.4 Å². The van der Waals surface area contributed by atoms with Crippen molar-refractivity contribution in [2.75, 3.05) is 14.1 Å². The fourth-order valence-electron chi connectivity index (χ4n) is 1.75. The lowest BCUT2D eigenvalue weighted by Gasteiger charge is -2.11. The summed E-state index contributed by atoms with van der Waals surface area (Å²) in [6, 6.07) is 6.01. The molecule has 0 aliphatic rings. The zero-order valence-electron chi connectivity index (χ0n) is 9.57. The summed E-state index contributed by atoms with van der Waals surface area (Å²) in [4.78, 5) is 6.11. The molecular weight excluding hydrogens is 200 g/mol. The average molecular weight is 215 g/mol. The average Bonchev–Trinajstić information content (AvgIpc) is 2.23. The number of nitrogens with zero attached hydrogens (tertiary/aromatic N) is 2. The van der Waals surface area contributed by atoms with Crippen molar-refractivity contribution in [3.8, 4) is 5.75 Å². The summed E-state index contributed by atoms with van der Waals surface area (Å²) in [5, 5.41) is 11.6. The van der Waals surface area contributed by atoms with Gasteiger partial charge >= 0.3 is 0 Å². The standard InChI is InChI=1S/C13H15N2O/c1-9-13(16)12-6-10(8-15(2)3)4-5-11(12)7-14-9/h4-7,16H,1,8H2,2-3H3. The minimum Gasteiger partial charge on any atom is -0.505 e. The van der Waals surface area contributed by atoms with E-state index in [2.05, 4.69) is 16.8 Å². The Bertz CT molecular complexity index is 521. The molecule has 2 rings (SSSR count). The topological polar surface area (TPSA) is 36.4 Å². The quantitative estimate of drug-likeness (QED) is 0.834. The number of rotatable bonds is 2. The smallest absolute Gasteiger partial charge is 0.144 e. The van der Waals surface area contributed by atoms with Gasteiger partial charge in [0.15, 0.2) is 0 Å². The van der Waals surface area contributed by atoms with Gasteiger partial charge in [-0.25, -0.2) is 0 Å². The Morgan fingerprint density at radius 1 is 1.38 bits per heavy atom. The zero-order chi connectivity index (χ0) is 11.7. The molecule has 1 aromatic heterocycles. The minimum absolute atomic E-state index is 0.179. The van der Waals surface area contributed by atoms with Crippen LogP contribution in [0.25, 0.3) is 10.8 Å². The Kier molecular flexibility index (Phi) is 2.79. The molecule has 16 heavy (non-hydrogen) atoms. The predicted molar refractivity (Wildman–Crippen MR) is 65.3 cm³/mol. The third-order valence-electron chi connectivity index (χ3n) is 2.50. The van der Waals surface area contributed by atoms with Gasteiger partial charge < -0.3 is 10.0 Å². The van der Waals surface area contributed by atoms with Crippen LogP contribution in [-0.2, 0) is 6.54 Å². The highest BCUT2D eigenvalue weighted by Gasteiger charge is 2.05. The van der Waals surface area contributed by atoms with E-state index >= 15 is 0 Å². The van der Waals surface area contributed by atoms with Gasteiger partial charge in [-0.05, 0) is 32.6 Å². The van der Waals surface area contributed by atoms with Gasteiger partial charge in [-0.1, -0.05) is 12.1 Å². The maximum Gasteiger partial charge on any atom is 0.144 e. The lowest BCUT2D eigenvalue weighted by Crippen LogP contribution is -2.10. The van der Waals surface area contributed by atoms with Crippen LogP contribution in [0.3, 0.4) is 0 Å². The molecule has 1 aromatic carbocycles. The summed E-state index contributed by atoms with van der Waals surface area (Å²) in [5.41, 5.74) is 1.59. The van der Waals surface area contributed by atoms with Crippen molar-refractivity contribution in [3.05, 3.63) is 42.6 Å². The Labute approximate surface area is 95.3 Å². The van der Waals surface area contributed by atoms with E-state index in [1.54, 1.807) is 6.20 Å². The SMILES string of the molecule is [CH2]c1ncc2ccc(CN(C)C)cc2c1O. The van der Waals surface area contributed by atoms with Crippen LogP contribution >= 0.6 is 0 Å². The molecule has 0 aliphatic heterocycles. The van der Waals surface area contributed by atoms with E-state index in [0.29, 0.717) is 5.69 Å². The van der Waals surface area contributed by atoms with Crippen LogP contribution in [0.5, 0.6) is 5.75 Å². The Hall–Kier alpha value is -1.61. The van der Waals surface area contributed by atoms with Crippen molar-refractivity contribution in [3.63, 3.8) is 0 Å². The summed E-state index contributed by atoms with van der Waals surface area (Å²) in [5.74, 6) is 0.179. The van der Waals surface area contributed by atoms with E-state index in [1.165, 1.54) is 5.56 Å². The van der Waals surface area contributed by atoms with E-state index in [-0.39, 0.29) is 5.75 Å². The van der Waals surface area contributed by atoms with Crippen LogP contribution < -0.4 is 0 Å². The first kappa shape index (κ1) is 10.9. The van der Waals surface area contributed by atoms with Crippen LogP contribution in [0.2, 0.25) is 0 Å². The lowest BCUT2D eigenvalue weighted by atomic mass is 10.1. The summed E-state index contributed by atoms with van der Waals surface area (Å²) in [7, 11) is 4.03. The number of fused-ring (bicyclic) bond motifs is 1. The minimum atomic E-state index is 0.179. The molecule has 2 aromatic rings. The molecule has 3 nitrogen and oxygen atoms in total. The highest BCUT2D eigenvalue weighted by atomic mass is 16.3. The van der Waals surface area contributed by atoms with Crippen LogP contribution in [0.1, 0.15) is 11.3 Å². The third kappa shape index (κ3) is 1.99. The van der Waals surface area contributed by atoms with Crippen molar-refractivity contribution in [1.82, 2.24) is 9.88 Å². The van der Waals surface area contributed by atoms with Gasteiger partial charge in [-0.15, -0.1) is 0 Å². The molecule has 1 N–H and O–H groups in total. The summed E-state index contributed by atoms with van der Waals surface area (Å²) >= 11 is 0. The molecule has 3 heteroatoms. The predicted octanol–water partition coefficient (Wildman–Crippen LogP) is 2.18. The molecule has 0 atom stereocenters. The van der Waals surface area contributed by atoms with Gasteiger partial charge in [-0.3, -0.25) is 4.98 Å². The molecule has 1 heterocycles. The van der Waals surface area contributed by atoms with Gasteiger partial charge in [0, 0.05) is 23.5 Å². The fourth-order valence-corrected chi connectivity index (χ4v) is 1.75. The molecule has 0 unspecified atom stereocenters. The fraction of sp³-hybridized carbons (Fsp3) is 0.231. The number of aromatic hydroxyl groups is 1. The monoisotopic (exact) mass is 215 g/mol. The van der Waals surface area contributed by atoms with E-state index in [9.17, 15) is 5.11 Å². The first-order valence-electron chi connectivity index (χ1n) is 5.15.